The predicted octanol–water partition coefficient (Wildman–Crippen LogP) is 4.13. The Hall–Kier alpha value is -1.99. The van der Waals surface area contributed by atoms with Crippen molar-refractivity contribution < 1.29 is 35.9 Å². The van der Waals surface area contributed by atoms with Crippen molar-refractivity contribution in [3.63, 3.8) is 0 Å². The van der Waals surface area contributed by atoms with Gasteiger partial charge in [0.25, 0.3) is 0 Å². The summed E-state index contributed by atoms with van der Waals surface area (Å²) in [4.78, 5) is 11.3. The molecule has 0 N–H and O–H groups in total. The molecule has 0 aliphatic carbocycles. The Morgan fingerprint density at radius 2 is 1.52 bits per heavy atom. The molecule has 0 spiro atoms. The molecule has 0 aliphatic rings. The Kier molecular flexibility index (Phi) is 4.40. The van der Waals surface area contributed by atoms with Crippen molar-refractivity contribution in [2.45, 2.75) is 24.9 Å². The van der Waals surface area contributed by atoms with Gasteiger partial charge in [-0.2, -0.15) is 26.3 Å². The lowest BCUT2D eigenvalue weighted by Crippen LogP contribution is -2.44. The second-order valence-electron chi connectivity index (χ2n) is 4.26. The molecule has 0 aliphatic heterocycles. The van der Waals surface area contributed by atoms with Crippen molar-refractivity contribution in [2.24, 2.45) is 0 Å². The van der Waals surface area contributed by atoms with Gasteiger partial charge < -0.3 is 4.74 Å². The highest BCUT2D eigenvalue weighted by Crippen LogP contribution is 2.43. The number of carbonyl (C=O) groups excluding carboxylic acids is 1. The molecule has 8 heteroatoms. The van der Waals surface area contributed by atoms with Crippen LogP contribution < -0.4 is 0 Å². The maximum atomic E-state index is 13.1. The first-order valence-corrected chi connectivity index (χ1v) is 5.51. The Morgan fingerprint density at radius 1 is 1.05 bits per heavy atom. The summed E-state index contributed by atoms with van der Waals surface area (Å²) in [6.07, 6.45) is -10.3. The number of hydrogen-bond donors (Lipinski definition) is 0. The van der Waals surface area contributed by atoms with E-state index in [1.807, 2.05) is 0 Å². The first-order valence-electron chi connectivity index (χ1n) is 5.51. The van der Waals surface area contributed by atoms with Crippen LogP contribution in [-0.2, 0) is 15.1 Å². The standard InChI is InChI=1S/C13H10F6O2/c1-8(12(14,15)16)10(20)21-11(2,13(17,18)19)9-6-4-3-5-7-9/h3-7H,1H2,2H3. The van der Waals surface area contributed by atoms with Crippen molar-refractivity contribution in [3.8, 4) is 0 Å². The number of hydrogen-bond acceptors (Lipinski definition) is 2. The minimum Gasteiger partial charge on any atom is -0.441 e. The van der Waals surface area contributed by atoms with Crippen molar-refractivity contribution >= 4 is 5.97 Å². The number of ether oxygens (including phenoxy) is 1. The summed E-state index contributed by atoms with van der Waals surface area (Å²) in [5, 5.41) is 0. The van der Waals surface area contributed by atoms with Crippen LogP contribution >= 0.6 is 0 Å². The first-order chi connectivity index (χ1) is 9.39. The van der Waals surface area contributed by atoms with E-state index in [4.69, 9.17) is 0 Å². The molecule has 1 aromatic rings. The Morgan fingerprint density at radius 3 is 1.90 bits per heavy atom. The highest BCUT2D eigenvalue weighted by molar-refractivity contribution is 5.89. The molecule has 0 fully saturated rings. The fourth-order valence-corrected chi connectivity index (χ4v) is 1.40. The molecule has 1 atom stereocenters. The first kappa shape index (κ1) is 17.1. The molecule has 21 heavy (non-hydrogen) atoms. The van der Waals surface area contributed by atoms with E-state index in [1.54, 1.807) is 0 Å². The van der Waals surface area contributed by atoms with Crippen LogP contribution in [0.5, 0.6) is 0 Å². The summed E-state index contributed by atoms with van der Waals surface area (Å²) in [5.74, 6) is -2.17. The lowest BCUT2D eigenvalue weighted by atomic mass is 9.95. The number of alkyl halides is 6. The number of halogens is 6. The Bertz CT molecular complexity index is 532. The summed E-state index contributed by atoms with van der Waals surface area (Å²) in [6.45, 7) is 2.89. The van der Waals surface area contributed by atoms with Crippen molar-refractivity contribution in [3.05, 3.63) is 48.0 Å². The quantitative estimate of drug-likeness (QED) is 0.477. The Balaban J connectivity index is 3.19. The molecule has 0 radical (unpaired) electrons. The Labute approximate surface area is 116 Å². The number of benzene rings is 1. The molecule has 1 aromatic carbocycles. The molecular formula is C13H10F6O2. The molecule has 1 unspecified atom stereocenters. The number of esters is 1. The zero-order valence-electron chi connectivity index (χ0n) is 10.7. The second kappa shape index (κ2) is 5.42. The summed E-state index contributed by atoms with van der Waals surface area (Å²) in [5.41, 5.74) is -5.71. The van der Waals surface area contributed by atoms with Crippen LogP contribution in [0.3, 0.4) is 0 Å². The normalized spacial score (nSPS) is 15.2. The third-order valence-corrected chi connectivity index (χ3v) is 2.75. The van der Waals surface area contributed by atoms with E-state index >= 15 is 0 Å². The third-order valence-electron chi connectivity index (χ3n) is 2.75. The topological polar surface area (TPSA) is 26.3 Å². The van der Waals surface area contributed by atoms with Crippen LogP contribution in [0.15, 0.2) is 42.5 Å². The maximum Gasteiger partial charge on any atom is 0.432 e. The fourth-order valence-electron chi connectivity index (χ4n) is 1.40. The van der Waals surface area contributed by atoms with Gasteiger partial charge in [-0.3, -0.25) is 0 Å². The van der Waals surface area contributed by atoms with Crippen LogP contribution in [0, 0.1) is 0 Å². The lowest BCUT2D eigenvalue weighted by molar-refractivity contribution is -0.269. The van der Waals surface area contributed by atoms with Crippen molar-refractivity contribution in [1.29, 1.82) is 0 Å². The minimum absolute atomic E-state index is 0.476. The summed E-state index contributed by atoms with van der Waals surface area (Å²) >= 11 is 0. The van der Waals surface area contributed by atoms with E-state index < -0.39 is 35.1 Å². The molecule has 0 saturated carbocycles. The number of carbonyl (C=O) groups is 1. The van der Waals surface area contributed by atoms with E-state index in [-0.39, 0.29) is 0 Å². The van der Waals surface area contributed by atoms with E-state index in [1.165, 1.54) is 18.2 Å². The van der Waals surface area contributed by atoms with E-state index in [0.717, 1.165) is 12.1 Å². The average Bonchev–Trinajstić information content (AvgIpc) is 2.36. The van der Waals surface area contributed by atoms with Crippen LogP contribution in [0.2, 0.25) is 0 Å². The second-order valence-corrected chi connectivity index (χ2v) is 4.26. The minimum atomic E-state index is -5.17. The molecular weight excluding hydrogens is 302 g/mol. The molecule has 116 valence electrons. The van der Waals surface area contributed by atoms with E-state index in [0.29, 0.717) is 6.92 Å². The van der Waals surface area contributed by atoms with E-state index in [9.17, 15) is 31.1 Å². The molecule has 0 saturated heterocycles. The fraction of sp³-hybridized carbons (Fsp3) is 0.308. The zero-order valence-corrected chi connectivity index (χ0v) is 10.7. The van der Waals surface area contributed by atoms with Crippen molar-refractivity contribution in [1.82, 2.24) is 0 Å². The van der Waals surface area contributed by atoms with Gasteiger partial charge in [0.05, 0.1) is 0 Å². The highest BCUT2D eigenvalue weighted by Gasteiger charge is 2.57. The van der Waals surface area contributed by atoms with E-state index in [2.05, 4.69) is 11.3 Å². The SMILES string of the molecule is C=C(C(=O)OC(C)(c1ccccc1)C(F)(F)F)C(F)(F)F. The van der Waals surface area contributed by atoms with Gasteiger partial charge in [0.15, 0.2) is 0 Å². The predicted molar refractivity (Wildman–Crippen MR) is 61.1 cm³/mol. The van der Waals surface area contributed by atoms with Gasteiger partial charge in [-0.25, -0.2) is 4.79 Å². The van der Waals surface area contributed by atoms with Gasteiger partial charge in [-0.1, -0.05) is 36.9 Å². The average molecular weight is 312 g/mol. The largest absolute Gasteiger partial charge is 0.441 e. The van der Waals surface area contributed by atoms with Gasteiger partial charge >= 0.3 is 18.3 Å². The van der Waals surface area contributed by atoms with Crippen LogP contribution in [0.4, 0.5) is 26.3 Å². The van der Waals surface area contributed by atoms with Crippen LogP contribution in [0.25, 0.3) is 0 Å². The van der Waals surface area contributed by atoms with Crippen LogP contribution in [0.1, 0.15) is 12.5 Å². The van der Waals surface area contributed by atoms with Crippen LogP contribution in [-0.4, -0.2) is 18.3 Å². The molecule has 2 nitrogen and oxygen atoms in total. The van der Waals surface area contributed by atoms with Crippen molar-refractivity contribution in [2.75, 3.05) is 0 Å². The number of rotatable bonds is 3. The van der Waals surface area contributed by atoms with Gasteiger partial charge in [-0.15, -0.1) is 0 Å². The lowest BCUT2D eigenvalue weighted by Gasteiger charge is -2.32. The molecule has 0 amide bonds. The highest BCUT2D eigenvalue weighted by atomic mass is 19.4. The summed E-state index contributed by atoms with van der Waals surface area (Å²) < 4.78 is 80.3. The molecule has 0 aromatic heterocycles. The molecule has 0 heterocycles. The molecule has 0 bridgehead atoms. The molecule has 1 rings (SSSR count). The van der Waals surface area contributed by atoms with Gasteiger partial charge in [0.1, 0.15) is 5.57 Å². The summed E-state index contributed by atoms with van der Waals surface area (Å²) in [7, 11) is 0. The smallest absolute Gasteiger partial charge is 0.432 e. The van der Waals surface area contributed by atoms with Gasteiger partial charge in [0, 0.05) is 5.56 Å². The third kappa shape index (κ3) is 3.56. The summed E-state index contributed by atoms with van der Waals surface area (Å²) in [6, 6.07) is 5.89. The monoisotopic (exact) mass is 312 g/mol. The zero-order chi connectivity index (χ0) is 16.5. The maximum absolute atomic E-state index is 13.1. The van der Waals surface area contributed by atoms with Gasteiger partial charge in [-0.05, 0) is 6.92 Å². The van der Waals surface area contributed by atoms with Gasteiger partial charge in [0.2, 0.25) is 5.60 Å².